The van der Waals surface area contributed by atoms with Crippen molar-refractivity contribution in [2.75, 3.05) is 26.3 Å². The van der Waals surface area contributed by atoms with Crippen molar-refractivity contribution in [3.8, 4) is 5.75 Å². The Morgan fingerprint density at radius 1 is 1.40 bits per heavy atom. The molecule has 0 unspecified atom stereocenters. The molecular weight excluding hydrogens is 363 g/mol. The second-order valence-electron chi connectivity index (χ2n) is 7.23. The highest BCUT2D eigenvalue weighted by Gasteiger charge is 2.52. The van der Waals surface area contributed by atoms with E-state index in [1.807, 2.05) is 0 Å². The van der Waals surface area contributed by atoms with Gasteiger partial charge in [-0.05, 0) is 31.0 Å². The van der Waals surface area contributed by atoms with E-state index in [2.05, 4.69) is 16.8 Å². The Labute approximate surface area is 156 Å². The number of hydrogen-bond acceptors (Lipinski definition) is 4. The van der Waals surface area contributed by atoms with Crippen molar-refractivity contribution in [3.05, 3.63) is 40.5 Å². The fraction of sp³-hybridized carbons (Fsp3) is 0.500. The van der Waals surface area contributed by atoms with Gasteiger partial charge in [0, 0.05) is 35.6 Å². The van der Waals surface area contributed by atoms with Gasteiger partial charge in [-0.15, -0.1) is 0 Å². The van der Waals surface area contributed by atoms with Crippen LogP contribution in [0.4, 0.5) is 4.79 Å². The Hall–Kier alpha value is -1.59. The lowest BCUT2D eigenvalue weighted by Gasteiger charge is -2.50. The maximum atomic E-state index is 11.2. The molecule has 4 rings (SSSR count). The summed E-state index contributed by atoms with van der Waals surface area (Å²) in [6, 6.07) is 5.26. The molecule has 3 fully saturated rings. The molecular formula is C18H20Cl2N2O3. The smallest absolute Gasteiger partial charge is 0.407 e. The SMILES string of the molecule is C=C([C@H]1C[C@]2(COC(=O)N2)C1)N1CC(COc2ccc(Cl)cc2Cl)C1. The lowest BCUT2D eigenvalue weighted by atomic mass is 9.67. The zero-order valence-corrected chi connectivity index (χ0v) is 15.3. The number of carbonyl (C=O) groups is 1. The van der Waals surface area contributed by atoms with Crippen molar-refractivity contribution < 1.29 is 14.3 Å². The average molecular weight is 383 g/mol. The van der Waals surface area contributed by atoms with Gasteiger partial charge in [0.2, 0.25) is 0 Å². The van der Waals surface area contributed by atoms with Crippen molar-refractivity contribution in [1.29, 1.82) is 0 Å². The third-order valence-corrected chi connectivity index (χ3v) is 5.85. The molecule has 1 N–H and O–H groups in total. The Morgan fingerprint density at radius 2 is 2.16 bits per heavy atom. The van der Waals surface area contributed by atoms with Crippen LogP contribution in [0.25, 0.3) is 0 Å². The van der Waals surface area contributed by atoms with Crippen LogP contribution in [0.3, 0.4) is 0 Å². The Bertz CT molecular complexity index is 712. The van der Waals surface area contributed by atoms with Gasteiger partial charge < -0.3 is 19.7 Å². The maximum Gasteiger partial charge on any atom is 0.407 e. The molecule has 1 aromatic carbocycles. The zero-order valence-electron chi connectivity index (χ0n) is 13.8. The molecule has 0 radical (unpaired) electrons. The normalized spacial score (nSPS) is 28.2. The van der Waals surface area contributed by atoms with E-state index in [4.69, 9.17) is 32.7 Å². The van der Waals surface area contributed by atoms with Crippen LogP contribution in [0.1, 0.15) is 12.8 Å². The number of hydrogen-bond donors (Lipinski definition) is 1. The predicted molar refractivity (Wildman–Crippen MR) is 96.1 cm³/mol. The van der Waals surface area contributed by atoms with Crippen LogP contribution in [0.15, 0.2) is 30.5 Å². The number of nitrogens with one attached hydrogen (secondary N) is 1. The van der Waals surface area contributed by atoms with E-state index >= 15 is 0 Å². The second-order valence-corrected chi connectivity index (χ2v) is 8.08. The molecule has 2 saturated heterocycles. The van der Waals surface area contributed by atoms with E-state index in [9.17, 15) is 4.79 Å². The highest BCUT2D eigenvalue weighted by atomic mass is 35.5. The average Bonchev–Trinajstić information content (AvgIpc) is 2.88. The van der Waals surface area contributed by atoms with E-state index in [0.717, 1.165) is 31.6 Å². The van der Waals surface area contributed by atoms with E-state index < -0.39 is 0 Å². The van der Waals surface area contributed by atoms with Crippen molar-refractivity contribution in [2.24, 2.45) is 11.8 Å². The fourth-order valence-corrected chi connectivity index (χ4v) is 4.26. The van der Waals surface area contributed by atoms with E-state index in [0.29, 0.717) is 40.8 Å². The van der Waals surface area contributed by atoms with Gasteiger partial charge in [0.25, 0.3) is 0 Å². The number of alkyl carbamates (subject to hydrolysis) is 1. The predicted octanol–water partition coefficient (Wildman–Crippen LogP) is 3.71. The van der Waals surface area contributed by atoms with Gasteiger partial charge in [0.1, 0.15) is 12.4 Å². The van der Waals surface area contributed by atoms with Crippen molar-refractivity contribution >= 4 is 29.3 Å². The third-order valence-electron chi connectivity index (χ3n) is 5.32. The minimum Gasteiger partial charge on any atom is -0.492 e. The first-order valence-electron chi connectivity index (χ1n) is 8.41. The molecule has 2 aliphatic heterocycles. The van der Waals surface area contributed by atoms with Crippen molar-refractivity contribution in [1.82, 2.24) is 10.2 Å². The number of nitrogens with zero attached hydrogens (tertiary/aromatic N) is 1. The summed E-state index contributed by atoms with van der Waals surface area (Å²) < 4.78 is 10.8. The summed E-state index contributed by atoms with van der Waals surface area (Å²) in [5, 5.41) is 4.06. The van der Waals surface area contributed by atoms with Gasteiger partial charge in [-0.1, -0.05) is 29.8 Å². The van der Waals surface area contributed by atoms with Crippen LogP contribution in [0, 0.1) is 11.8 Å². The molecule has 0 bridgehead atoms. The summed E-state index contributed by atoms with van der Waals surface area (Å²) >= 11 is 12.0. The van der Waals surface area contributed by atoms with Crippen LogP contribution < -0.4 is 10.1 Å². The van der Waals surface area contributed by atoms with Gasteiger partial charge in [-0.2, -0.15) is 0 Å². The number of likely N-dealkylation sites (tertiary alicyclic amines) is 1. The highest BCUT2D eigenvalue weighted by molar-refractivity contribution is 6.35. The first-order chi connectivity index (χ1) is 11.9. The summed E-state index contributed by atoms with van der Waals surface area (Å²) in [7, 11) is 0. The first kappa shape index (κ1) is 16.9. The Kier molecular flexibility index (Phi) is 4.24. The molecule has 1 aromatic rings. The second kappa shape index (κ2) is 6.29. The molecule has 1 spiro atoms. The molecule has 0 atom stereocenters. The number of cyclic esters (lactones) is 1. The van der Waals surface area contributed by atoms with Gasteiger partial charge >= 0.3 is 6.09 Å². The van der Waals surface area contributed by atoms with Gasteiger partial charge in [0.15, 0.2) is 0 Å². The first-order valence-corrected chi connectivity index (χ1v) is 9.16. The lowest BCUT2D eigenvalue weighted by molar-refractivity contribution is 0.0487. The summed E-state index contributed by atoms with van der Waals surface area (Å²) in [6.07, 6.45) is 1.52. The van der Waals surface area contributed by atoms with E-state index in [1.54, 1.807) is 18.2 Å². The standard InChI is InChI=1S/C18H20Cl2N2O3/c1-11(13-5-18(6-13)10-25-17(23)21-18)22-7-12(8-22)9-24-16-3-2-14(19)4-15(16)20/h2-4,12-13H,1,5-10H2,(H,21,23)/t13-,18+. The molecule has 1 saturated carbocycles. The largest absolute Gasteiger partial charge is 0.492 e. The maximum absolute atomic E-state index is 11.2. The number of ether oxygens (including phenoxy) is 2. The van der Waals surface area contributed by atoms with Crippen molar-refractivity contribution in [3.63, 3.8) is 0 Å². The summed E-state index contributed by atoms with van der Waals surface area (Å²) in [4.78, 5) is 13.5. The van der Waals surface area contributed by atoms with Crippen molar-refractivity contribution in [2.45, 2.75) is 18.4 Å². The molecule has 5 nitrogen and oxygen atoms in total. The molecule has 134 valence electrons. The number of carbonyl (C=O) groups excluding carboxylic acids is 1. The molecule has 0 aromatic heterocycles. The molecule has 25 heavy (non-hydrogen) atoms. The quantitative estimate of drug-likeness (QED) is 0.843. The van der Waals surface area contributed by atoms with Gasteiger partial charge in [-0.25, -0.2) is 4.79 Å². The lowest BCUT2D eigenvalue weighted by Crippen LogP contribution is -2.58. The van der Waals surface area contributed by atoms with Crippen LogP contribution in [0.5, 0.6) is 5.75 Å². The van der Waals surface area contributed by atoms with Crippen LogP contribution in [-0.4, -0.2) is 42.8 Å². The van der Waals surface area contributed by atoms with Gasteiger partial charge in [0.05, 0.1) is 17.2 Å². The Morgan fingerprint density at radius 3 is 2.80 bits per heavy atom. The summed E-state index contributed by atoms with van der Waals surface area (Å²) in [5.41, 5.74) is 1.01. The minimum absolute atomic E-state index is 0.149. The number of halogens is 2. The van der Waals surface area contributed by atoms with Crippen LogP contribution >= 0.6 is 23.2 Å². The zero-order chi connectivity index (χ0) is 17.6. The molecule has 1 amide bonds. The van der Waals surface area contributed by atoms with Crippen LogP contribution in [0.2, 0.25) is 10.0 Å². The number of benzene rings is 1. The summed E-state index contributed by atoms with van der Waals surface area (Å²) in [6.45, 7) is 7.24. The fourth-order valence-electron chi connectivity index (χ4n) is 3.80. The molecule has 2 heterocycles. The number of amides is 1. The Balaban J connectivity index is 1.20. The van der Waals surface area contributed by atoms with E-state index in [1.165, 1.54) is 0 Å². The molecule has 1 aliphatic carbocycles. The molecule has 7 heteroatoms. The van der Waals surface area contributed by atoms with E-state index in [-0.39, 0.29) is 11.6 Å². The number of rotatable bonds is 5. The van der Waals surface area contributed by atoms with Crippen LogP contribution in [-0.2, 0) is 4.74 Å². The minimum atomic E-state index is -0.300. The summed E-state index contributed by atoms with van der Waals surface area (Å²) in [5.74, 6) is 1.56. The third kappa shape index (κ3) is 3.27. The monoisotopic (exact) mass is 382 g/mol. The highest BCUT2D eigenvalue weighted by Crippen LogP contribution is 2.45. The molecule has 3 aliphatic rings. The topological polar surface area (TPSA) is 50.8 Å². The number of allylic oxidation sites excluding steroid dienone is 1. The van der Waals surface area contributed by atoms with Gasteiger partial charge in [-0.3, -0.25) is 0 Å².